The molecule has 1 fully saturated rings. The first kappa shape index (κ1) is 19.6. The summed E-state index contributed by atoms with van der Waals surface area (Å²) in [5.74, 6) is 0.358. The third kappa shape index (κ3) is 5.65. The van der Waals surface area contributed by atoms with Crippen LogP contribution in [0, 0.1) is 0 Å². The van der Waals surface area contributed by atoms with Crippen molar-refractivity contribution in [1.82, 2.24) is 15.1 Å². The van der Waals surface area contributed by atoms with Gasteiger partial charge in [-0.1, -0.05) is 12.1 Å². The van der Waals surface area contributed by atoms with E-state index in [-0.39, 0.29) is 30.9 Å². The van der Waals surface area contributed by atoms with Gasteiger partial charge in [0.05, 0.1) is 26.7 Å². The quantitative estimate of drug-likeness (QED) is 0.802. The van der Waals surface area contributed by atoms with Crippen LogP contribution in [-0.4, -0.2) is 74.1 Å². The van der Waals surface area contributed by atoms with Gasteiger partial charge in [0.15, 0.2) is 0 Å². The predicted octanol–water partition coefficient (Wildman–Crippen LogP) is 0.655. The van der Waals surface area contributed by atoms with Gasteiger partial charge in [-0.2, -0.15) is 0 Å². The average molecular weight is 363 g/mol. The Morgan fingerprint density at radius 3 is 2.23 bits per heavy atom. The number of hydrogen-bond acceptors (Lipinski definition) is 5. The maximum Gasteiger partial charge on any atom is 0.409 e. The second-order valence-electron chi connectivity index (χ2n) is 5.87. The minimum Gasteiger partial charge on any atom is -0.497 e. The minimum absolute atomic E-state index is 0.0472. The molecule has 0 atom stereocenters. The zero-order chi connectivity index (χ0) is 18.9. The van der Waals surface area contributed by atoms with Crippen molar-refractivity contribution in [3.63, 3.8) is 0 Å². The van der Waals surface area contributed by atoms with Gasteiger partial charge >= 0.3 is 6.09 Å². The van der Waals surface area contributed by atoms with E-state index in [1.165, 1.54) is 0 Å². The standard InChI is InChI=1S/C18H25N3O5/c1-3-26-18(24)21-10-8-20(9-11-21)17(23)13-19-16(22)12-14-4-6-15(25-2)7-5-14/h4-7H,3,8-13H2,1-2H3,(H,19,22). The summed E-state index contributed by atoms with van der Waals surface area (Å²) in [7, 11) is 1.58. The second-order valence-corrected chi connectivity index (χ2v) is 5.87. The fourth-order valence-corrected chi connectivity index (χ4v) is 2.63. The van der Waals surface area contributed by atoms with E-state index >= 15 is 0 Å². The van der Waals surface area contributed by atoms with Crippen LogP contribution in [0.5, 0.6) is 5.75 Å². The Morgan fingerprint density at radius 2 is 1.65 bits per heavy atom. The van der Waals surface area contributed by atoms with Crippen LogP contribution < -0.4 is 10.1 Å². The molecule has 0 bridgehead atoms. The molecule has 142 valence electrons. The molecule has 0 aromatic heterocycles. The topological polar surface area (TPSA) is 88.2 Å². The van der Waals surface area contributed by atoms with Crippen LogP contribution in [0.25, 0.3) is 0 Å². The molecule has 1 aromatic carbocycles. The Kier molecular flexibility index (Phi) is 7.25. The summed E-state index contributed by atoms with van der Waals surface area (Å²) in [6.45, 7) is 3.78. The average Bonchev–Trinajstić information content (AvgIpc) is 2.67. The highest BCUT2D eigenvalue weighted by Crippen LogP contribution is 2.11. The monoisotopic (exact) mass is 363 g/mol. The van der Waals surface area contributed by atoms with E-state index < -0.39 is 0 Å². The highest BCUT2D eigenvalue weighted by atomic mass is 16.6. The number of benzene rings is 1. The Hall–Kier alpha value is -2.77. The number of nitrogens with one attached hydrogen (secondary N) is 1. The van der Waals surface area contributed by atoms with Gasteiger partial charge in [0.25, 0.3) is 0 Å². The van der Waals surface area contributed by atoms with Gasteiger partial charge in [0, 0.05) is 26.2 Å². The minimum atomic E-state index is -0.354. The summed E-state index contributed by atoms with van der Waals surface area (Å²) < 4.78 is 10.0. The molecule has 3 amide bonds. The Balaban J connectivity index is 1.71. The number of methoxy groups -OCH3 is 1. The number of nitrogens with zero attached hydrogens (tertiary/aromatic N) is 2. The van der Waals surface area contributed by atoms with Crippen LogP contribution >= 0.6 is 0 Å². The van der Waals surface area contributed by atoms with E-state index in [1.54, 1.807) is 36.0 Å². The van der Waals surface area contributed by atoms with Crippen molar-refractivity contribution in [2.75, 3.05) is 46.4 Å². The molecular formula is C18H25N3O5. The lowest BCUT2D eigenvalue weighted by Gasteiger charge is -2.34. The third-order valence-corrected chi connectivity index (χ3v) is 4.12. The van der Waals surface area contributed by atoms with Crippen molar-refractivity contribution in [1.29, 1.82) is 0 Å². The van der Waals surface area contributed by atoms with E-state index in [1.807, 2.05) is 12.1 Å². The predicted molar refractivity (Wildman–Crippen MR) is 94.9 cm³/mol. The fraction of sp³-hybridized carbons (Fsp3) is 0.500. The van der Waals surface area contributed by atoms with Crippen LogP contribution in [0.1, 0.15) is 12.5 Å². The summed E-state index contributed by atoms with van der Waals surface area (Å²) in [4.78, 5) is 39.0. The molecule has 8 nitrogen and oxygen atoms in total. The van der Waals surface area contributed by atoms with Gasteiger partial charge in [-0.05, 0) is 24.6 Å². The number of hydrogen-bond donors (Lipinski definition) is 1. The van der Waals surface area contributed by atoms with E-state index in [2.05, 4.69) is 5.32 Å². The zero-order valence-electron chi connectivity index (χ0n) is 15.2. The highest BCUT2D eigenvalue weighted by Gasteiger charge is 2.24. The summed E-state index contributed by atoms with van der Waals surface area (Å²) in [5.41, 5.74) is 0.846. The summed E-state index contributed by atoms with van der Waals surface area (Å²) in [6, 6.07) is 7.21. The van der Waals surface area contributed by atoms with Crippen LogP contribution in [0.3, 0.4) is 0 Å². The normalized spacial score (nSPS) is 13.9. The van der Waals surface area contributed by atoms with E-state index in [9.17, 15) is 14.4 Å². The maximum absolute atomic E-state index is 12.2. The molecule has 2 rings (SSSR count). The Morgan fingerprint density at radius 1 is 1.04 bits per heavy atom. The fourth-order valence-electron chi connectivity index (χ4n) is 2.63. The van der Waals surface area contributed by atoms with Crippen molar-refractivity contribution in [2.24, 2.45) is 0 Å². The molecule has 1 aliphatic heterocycles. The maximum atomic E-state index is 12.2. The van der Waals surface area contributed by atoms with Gasteiger partial charge in [-0.3, -0.25) is 9.59 Å². The van der Waals surface area contributed by atoms with Crippen molar-refractivity contribution < 1.29 is 23.9 Å². The molecule has 0 spiro atoms. The molecule has 0 radical (unpaired) electrons. The number of ether oxygens (including phenoxy) is 2. The lowest BCUT2D eigenvalue weighted by Crippen LogP contribution is -2.52. The second kappa shape index (κ2) is 9.65. The molecule has 1 N–H and O–H groups in total. The molecule has 0 saturated carbocycles. The largest absolute Gasteiger partial charge is 0.497 e. The molecular weight excluding hydrogens is 338 g/mol. The van der Waals surface area contributed by atoms with Crippen LogP contribution in [-0.2, 0) is 20.7 Å². The molecule has 0 unspecified atom stereocenters. The number of piperazine rings is 1. The van der Waals surface area contributed by atoms with Crippen molar-refractivity contribution >= 4 is 17.9 Å². The SMILES string of the molecule is CCOC(=O)N1CCN(C(=O)CNC(=O)Cc2ccc(OC)cc2)CC1. The van der Waals surface area contributed by atoms with Gasteiger partial charge in [-0.15, -0.1) is 0 Å². The summed E-state index contributed by atoms with van der Waals surface area (Å²) in [6.07, 6.45) is -0.152. The van der Waals surface area contributed by atoms with Crippen molar-refractivity contribution in [3.05, 3.63) is 29.8 Å². The first-order valence-electron chi connectivity index (χ1n) is 8.62. The van der Waals surface area contributed by atoms with Crippen molar-refractivity contribution in [2.45, 2.75) is 13.3 Å². The molecule has 1 aromatic rings. The van der Waals surface area contributed by atoms with Gasteiger partial charge in [0.2, 0.25) is 11.8 Å². The number of carbonyl (C=O) groups is 3. The molecule has 1 heterocycles. The van der Waals surface area contributed by atoms with E-state index in [0.29, 0.717) is 32.8 Å². The Labute approximate surface area is 153 Å². The van der Waals surface area contributed by atoms with Gasteiger partial charge < -0.3 is 24.6 Å². The van der Waals surface area contributed by atoms with Crippen molar-refractivity contribution in [3.8, 4) is 5.75 Å². The molecule has 8 heteroatoms. The smallest absolute Gasteiger partial charge is 0.409 e. The lowest BCUT2D eigenvalue weighted by molar-refractivity contribution is -0.134. The number of carbonyl (C=O) groups excluding carboxylic acids is 3. The number of rotatable bonds is 6. The van der Waals surface area contributed by atoms with Crippen LogP contribution in [0.15, 0.2) is 24.3 Å². The van der Waals surface area contributed by atoms with E-state index in [0.717, 1.165) is 11.3 Å². The van der Waals surface area contributed by atoms with Gasteiger partial charge in [-0.25, -0.2) is 4.79 Å². The molecule has 26 heavy (non-hydrogen) atoms. The molecule has 1 aliphatic rings. The highest BCUT2D eigenvalue weighted by molar-refractivity contribution is 5.86. The number of amides is 3. The Bertz CT molecular complexity index is 624. The molecule has 0 aliphatic carbocycles. The van der Waals surface area contributed by atoms with E-state index in [4.69, 9.17) is 9.47 Å². The summed E-state index contributed by atoms with van der Waals surface area (Å²) in [5, 5.41) is 2.64. The first-order valence-corrected chi connectivity index (χ1v) is 8.62. The zero-order valence-corrected chi connectivity index (χ0v) is 15.2. The first-order chi connectivity index (χ1) is 12.5. The van der Waals surface area contributed by atoms with Gasteiger partial charge in [0.1, 0.15) is 5.75 Å². The van der Waals surface area contributed by atoms with Crippen LogP contribution in [0.4, 0.5) is 4.79 Å². The molecule has 1 saturated heterocycles. The third-order valence-electron chi connectivity index (χ3n) is 4.12. The summed E-state index contributed by atoms with van der Waals surface area (Å²) >= 11 is 0. The van der Waals surface area contributed by atoms with Crippen LogP contribution in [0.2, 0.25) is 0 Å². The lowest BCUT2D eigenvalue weighted by atomic mass is 10.1.